The molecule has 0 fully saturated rings. The number of rotatable bonds is 0. The Balaban J connectivity index is 0. The number of hydrogen-bond acceptors (Lipinski definition) is 2. The van der Waals surface area contributed by atoms with Crippen LogP contribution in [0.15, 0.2) is 0 Å². The van der Waals surface area contributed by atoms with Crippen molar-refractivity contribution in [3.8, 4) is 0 Å². The molecule has 0 aromatic heterocycles. The number of hydrogen-bond donors (Lipinski definition) is 1. The minimum absolute atomic E-state index is 0. The molecule has 0 aliphatic rings. The Morgan fingerprint density at radius 3 is 1.33 bits per heavy atom. The van der Waals surface area contributed by atoms with E-state index in [1.54, 1.807) is 0 Å². The predicted octanol–water partition coefficient (Wildman–Crippen LogP) is 0.392. The first-order valence-corrected chi connectivity index (χ1v) is 2.73. The average molecular weight is 342 g/mol. The molecular formula is CHF3IrO3S. The molecule has 0 atom stereocenters. The van der Waals surface area contributed by atoms with Gasteiger partial charge in [-0.3, -0.25) is 4.55 Å². The fourth-order valence-electron chi connectivity index (χ4n) is 0. The van der Waals surface area contributed by atoms with Crippen molar-refractivity contribution < 1.29 is 46.2 Å². The Labute approximate surface area is 62.3 Å². The molecule has 0 unspecified atom stereocenters. The van der Waals surface area contributed by atoms with Gasteiger partial charge < -0.3 is 0 Å². The second-order valence-corrected chi connectivity index (χ2v) is 2.33. The average Bonchev–Trinajstić information content (AvgIpc) is 1.25. The van der Waals surface area contributed by atoms with Crippen LogP contribution in [0.2, 0.25) is 0 Å². The molecule has 9 heavy (non-hydrogen) atoms. The molecule has 0 amide bonds. The van der Waals surface area contributed by atoms with E-state index in [2.05, 4.69) is 0 Å². The van der Waals surface area contributed by atoms with Crippen LogP contribution < -0.4 is 0 Å². The van der Waals surface area contributed by atoms with Gasteiger partial charge in [0.2, 0.25) is 0 Å². The van der Waals surface area contributed by atoms with Crippen molar-refractivity contribution in [2.45, 2.75) is 5.51 Å². The molecule has 8 heteroatoms. The smallest absolute Gasteiger partial charge is 0.279 e. The van der Waals surface area contributed by atoms with Crippen molar-refractivity contribution in [1.29, 1.82) is 0 Å². The Hall–Kier alpha value is 0.349. The third kappa shape index (κ3) is 3.85. The fraction of sp³-hybridized carbons (Fsp3) is 1.00. The summed E-state index contributed by atoms with van der Waals surface area (Å²) < 4.78 is 57.5. The largest absolute Gasteiger partial charge is 0.522 e. The summed E-state index contributed by atoms with van der Waals surface area (Å²) in [6, 6.07) is 0. The molecule has 0 rings (SSSR count). The van der Waals surface area contributed by atoms with Crippen molar-refractivity contribution in [2.24, 2.45) is 0 Å². The van der Waals surface area contributed by atoms with E-state index in [-0.39, 0.29) is 20.1 Å². The summed E-state index contributed by atoms with van der Waals surface area (Å²) in [6.45, 7) is 0. The van der Waals surface area contributed by atoms with Crippen LogP contribution in [0.4, 0.5) is 13.2 Å². The first-order chi connectivity index (χ1) is 3.25. The van der Waals surface area contributed by atoms with Crippen LogP contribution in [0, 0.1) is 0 Å². The quantitative estimate of drug-likeness (QED) is 0.512. The van der Waals surface area contributed by atoms with Crippen LogP contribution in [0.25, 0.3) is 0 Å². The monoisotopic (exact) mass is 343 g/mol. The van der Waals surface area contributed by atoms with E-state index in [1.165, 1.54) is 0 Å². The summed E-state index contributed by atoms with van der Waals surface area (Å²) in [6.07, 6.45) is 0. The van der Waals surface area contributed by atoms with Crippen molar-refractivity contribution in [2.75, 3.05) is 0 Å². The van der Waals surface area contributed by atoms with Gasteiger partial charge in [-0.25, -0.2) is 0 Å². The first kappa shape index (κ1) is 12.1. The molecule has 0 aromatic carbocycles. The van der Waals surface area contributed by atoms with Gasteiger partial charge in [-0.15, -0.1) is 0 Å². The third-order valence-electron chi connectivity index (χ3n) is 0.292. The molecule has 0 bridgehead atoms. The van der Waals surface area contributed by atoms with Crippen molar-refractivity contribution in [3.63, 3.8) is 0 Å². The van der Waals surface area contributed by atoms with Crippen LogP contribution in [-0.4, -0.2) is 18.5 Å². The third-order valence-corrected chi connectivity index (χ3v) is 0.877. The molecule has 0 aromatic rings. The van der Waals surface area contributed by atoms with Crippen LogP contribution in [0.3, 0.4) is 0 Å². The van der Waals surface area contributed by atoms with Gasteiger partial charge in [-0.1, -0.05) is 0 Å². The Morgan fingerprint density at radius 1 is 1.22 bits per heavy atom. The van der Waals surface area contributed by atoms with Gasteiger partial charge in [-0.2, -0.15) is 21.6 Å². The molecule has 0 heterocycles. The van der Waals surface area contributed by atoms with E-state index in [4.69, 9.17) is 13.0 Å². The van der Waals surface area contributed by atoms with E-state index < -0.39 is 15.6 Å². The summed E-state index contributed by atoms with van der Waals surface area (Å²) in [7, 11) is -5.84. The molecule has 59 valence electrons. The Bertz CT molecular complexity index is 168. The standard InChI is InChI=1S/CHF3O3S.Ir/c2-1(3,4)8(5,6)7;/h(H,5,6,7);. The zero-order chi connectivity index (χ0) is 7.00. The van der Waals surface area contributed by atoms with Gasteiger partial charge in [0, 0.05) is 20.1 Å². The molecule has 0 saturated carbocycles. The Morgan fingerprint density at radius 2 is 1.33 bits per heavy atom. The minimum Gasteiger partial charge on any atom is -0.279 e. The summed E-state index contributed by atoms with van der Waals surface area (Å²) in [5.74, 6) is 0. The van der Waals surface area contributed by atoms with Gasteiger partial charge in [0.1, 0.15) is 0 Å². The molecule has 1 N–H and O–H groups in total. The van der Waals surface area contributed by atoms with Gasteiger partial charge in [0.25, 0.3) is 0 Å². The minimum atomic E-state index is -5.84. The van der Waals surface area contributed by atoms with Crippen molar-refractivity contribution in [1.82, 2.24) is 0 Å². The van der Waals surface area contributed by atoms with E-state index in [9.17, 15) is 13.2 Å². The van der Waals surface area contributed by atoms with Crippen molar-refractivity contribution >= 4 is 10.1 Å². The number of halogens is 3. The fourth-order valence-corrected chi connectivity index (χ4v) is 0. The van der Waals surface area contributed by atoms with Crippen LogP contribution in [-0.2, 0) is 30.2 Å². The summed E-state index contributed by atoms with van der Waals surface area (Å²) >= 11 is 0. The Kier molecular flexibility index (Phi) is 3.96. The summed E-state index contributed by atoms with van der Waals surface area (Å²) in [4.78, 5) is 0. The maximum atomic E-state index is 10.7. The maximum Gasteiger partial charge on any atom is 0.522 e. The van der Waals surface area contributed by atoms with Crippen LogP contribution in [0.5, 0.6) is 0 Å². The zero-order valence-corrected chi connectivity index (χ0v) is 6.85. The number of alkyl halides is 3. The molecule has 0 spiro atoms. The summed E-state index contributed by atoms with van der Waals surface area (Å²) in [5, 5.41) is 0. The second kappa shape index (κ2) is 2.96. The van der Waals surface area contributed by atoms with Gasteiger partial charge in [0.05, 0.1) is 0 Å². The van der Waals surface area contributed by atoms with E-state index >= 15 is 0 Å². The maximum absolute atomic E-state index is 10.7. The van der Waals surface area contributed by atoms with Gasteiger partial charge in [-0.05, 0) is 0 Å². The molecule has 0 aliphatic heterocycles. The molecule has 3 nitrogen and oxygen atoms in total. The van der Waals surface area contributed by atoms with Gasteiger partial charge >= 0.3 is 15.6 Å². The van der Waals surface area contributed by atoms with E-state index in [0.29, 0.717) is 0 Å². The van der Waals surface area contributed by atoms with Gasteiger partial charge in [0.15, 0.2) is 0 Å². The van der Waals surface area contributed by atoms with Crippen LogP contribution in [0.1, 0.15) is 0 Å². The zero-order valence-electron chi connectivity index (χ0n) is 3.64. The molecular weight excluding hydrogens is 341 g/mol. The summed E-state index contributed by atoms with van der Waals surface area (Å²) in [5.41, 5.74) is -5.53. The van der Waals surface area contributed by atoms with E-state index in [0.717, 1.165) is 0 Å². The second-order valence-electron chi connectivity index (χ2n) is 0.921. The molecule has 1 radical (unpaired) electrons. The topological polar surface area (TPSA) is 54.4 Å². The first-order valence-electron chi connectivity index (χ1n) is 1.29. The normalized spacial score (nSPS) is 12.4. The van der Waals surface area contributed by atoms with E-state index in [1.807, 2.05) is 0 Å². The predicted molar refractivity (Wildman–Crippen MR) is 17.6 cm³/mol. The van der Waals surface area contributed by atoms with Crippen molar-refractivity contribution in [3.05, 3.63) is 0 Å². The molecule has 0 aliphatic carbocycles. The van der Waals surface area contributed by atoms with Crippen LogP contribution >= 0.6 is 0 Å². The molecule has 0 saturated heterocycles. The SMILES string of the molecule is O=S(=O)(O)C(F)(F)F.[Ir].